The summed E-state index contributed by atoms with van der Waals surface area (Å²) < 4.78 is 19.1. The molecule has 0 unspecified atom stereocenters. The van der Waals surface area contributed by atoms with Crippen molar-refractivity contribution in [1.29, 1.82) is 0 Å². The molecule has 5 nitrogen and oxygen atoms in total. The fourth-order valence-corrected chi connectivity index (χ4v) is 2.31. The minimum absolute atomic E-state index is 0.120. The molecule has 1 aromatic heterocycles. The van der Waals surface area contributed by atoms with E-state index in [0.29, 0.717) is 10.1 Å². The molecule has 0 atom stereocenters. The van der Waals surface area contributed by atoms with Crippen LogP contribution in [0.1, 0.15) is 13.8 Å². The summed E-state index contributed by atoms with van der Waals surface area (Å²) in [6.07, 6.45) is 1.24. The molecule has 20 heavy (non-hydrogen) atoms. The van der Waals surface area contributed by atoms with E-state index >= 15 is 0 Å². The Balaban J connectivity index is 2.33. The Labute approximate surface area is 119 Å². The Morgan fingerprint density at radius 1 is 1.45 bits per heavy atom. The van der Waals surface area contributed by atoms with Gasteiger partial charge in [-0.2, -0.15) is 0 Å². The lowest BCUT2D eigenvalue weighted by Crippen LogP contribution is -2.08. The molecule has 0 amide bonds. The quantitative estimate of drug-likeness (QED) is 0.669. The third-order valence-electron chi connectivity index (χ3n) is 2.28. The molecular formula is C13H14FN3O2S. The lowest BCUT2D eigenvalue weighted by atomic mass is 10.3. The summed E-state index contributed by atoms with van der Waals surface area (Å²) in [7, 11) is 0. The summed E-state index contributed by atoms with van der Waals surface area (Å²) >= 11 is 1.14. The molecule has 3 N–H and O–H groups in total. The van der Waals surface area contributed by atoms with Gasteiger partial charge in [0.2, 0.25) is 0 Å². The van der Waals surface area contributed by atoms with E-state index in [4.69, 9.17) is 10.5 Å². The number of anilines is 1. The Morgan fingerprint density at radius 2 is 2.20 bits per heavy atom. The molecule has 0 fully saturated rings. The van der Waals surface area contributed by atoms with Crippen LogP contribution in [-0.2, 0) is 0 Å². The van der Waals surface area contributed by atoms with Gasteiger partial charge in [0.15, 0.2) is 16.7 Å². The third kappa shape index (κ3) is 3.51. The van der Waals surface area contributed by atoms with Crippen molar-refractivity contribution < 1.29 is 9.13 Å². The van der Waals surface area contributed by atoms with Crippen molar-refractivity contribution in [3.05, 3.63) is 40.6 Å². The van der Waals surface area contributed by atoms with Crippen molar-refractivity contribution in [2.24, 2.45) is 0 Å². The van der Waals surface area contributed by atoms with E-state index < -0.39 is 5.82 Å². The number of nitrogens with one attached hydrogen (secondary N) is 1. The number of hydrogen-bond acceptors (Lipinski definition) is 5. The molecule has 0 saturated carbocycles. The number of aromatic nitrogens is 2. The van der Waals surface area contributed by atoms with Gasteiger partial charge in [-0.25, -0.2) is 9.37 Å². The molecule has 0 radical (unpaired) electrons. The van der Waals surface area contributed by atoms with Crippen LogP contribution in [0.25, 0.3) is 0 Å². The highest BCUT2D eigenvalue weighted by molar-refractivity contribution is 7.99. The van der Waals surface area contributed by atoms with Gasteiger partial charge in [-0.05, 0) is 31.7 Å². The van der Waals surface area contributed by atoms with Gasteiger partial charge in [-0.15, -0.1) is 0 Å². The Morgan fingerprint density at radius 3 is 2.85 bits per heavy atom. The second-order valence-electron chi connectivity index (χ2n) is 4.33. The average Bonchev–Trinajstić information content (AvgIpc) is 2.34. The highest BCUT2D eigenvalue weighted by atomic mass is 32.2. The minimum Gasteiger partial charge on any atom is -0.488 e. The van der Waals surface area contributed by atoms with Crippen LogP contribution in [0.5, 0.6) is 5.75 Å². The third-order valence-corrected chi connectivity index (χ3v) is 3.26. The highest BCUT2D eigenvalue weighted by Gasteiger charge is 2.12. The van der Waals surface area contributed by atoms with Gasteiger partial charge >= 0.3 is 0 Å². The molecule has 2 aromatic rings. The number of ether oxygens (including phenoxy) is 1. The van der Waals surface area contributed by atoms with E-state index in [0.717, 1.165) is 11.8 Å². The number of aromatic amines is 1. The monoisotopic (exact) mass is 295 g/mol. The van der Waals surface area contributed by atoms with E-state index in [9.17, 15) is 9.18 Å². The molecule has 7 heteroatoms. The Kier molecular flexibility index (Phi) is 4.29. The fourth-order valence-electron chi connectivity index (χ4n) is 1.49. The molecule has 2 rings (SSSR count). The largest absolute Gasteiger partial charge is 0.488 e. The lowest BCUT2D eigenvalue weighted by molar-refractivity contribution is 0.230. The summed E-state index contributed by atoms with van der Waals surface area (Å²) in [6, 6.07) is 4.01. The number of nitrogens with zero attached hydrogens (tertiary/aromatic N) is 1. The maximum absolute atomic E-state index is 13.7. The van der Waals surface area contributed by atoms with Crippen LogP contribution in [-0.4, -0.2) is 16.1 Å². The Hall–Kier alpha value is -2.02. The maximum atomic E-state index is 13.7. The van der Waals surface area contributed by atoms with Crippen LogP contribution in [0, 0.1) is 5.82 Å². The molecule has 0 aliphatic heterocycles. The fraction of sp³-hybridized carbons (Fsp3) is 0.231. The SMILES string of the molecule is CC(C)Oc1cc(Sc2nccc(=O)[nH]2)c(N)cc1F. The first-order valence-corrected chi connectivity index (χ1v) is 6.76. The van der Waals surface area contributed by atoms with E-state index in [2.05, 4.69) is 9.97 Å². The van der Waals surface area contributed by atoms with Crippen LogP contribution in [0.15, 0.2) is 39.2 Å². The van der Waals surface area contributed by atoms with Crippen LogP contribution in [0.2, 0.25) is 0 Å². The predicted molar refractivity (Wildman–Crippen MR) is 75.6 cm³/mol. The number of rotatable bonds is 4. The van der Waals surface area contributed by atoms with E-state index in [1.54, 1.807) is 13.8 Å². The van der Waals surface area contributed by atoms with Gasteiger partial charge in [0.1, 0.15) is 0 Å². The molecule has 106 valence electrons. The van der Waals surface area contributed by atoms with Gasteiger partial charge in [0.05, 0.1) is 6.10 Å². The predicted octanol–water partition coefficient (Wildman–Crippen LogP) is 2.43. The molecule has 1 heterocycles. The second-order valence-corrected chi connectivity index (χ2v) is 5.36. The number of H-pyrrole nitrogens is 1. The van der Waals surface area contributed by atoms with Crippen LogP contribution < -0.4 is 16.0 Å². The smallest absolute Gasteiger partial charge is 0.251 e. The first kappa shape index (κ1) is 14.4. The standard InChI is InChI=1S/C13H14FN3O2S/c1-7(2)19-10-6-11(9(15)5-8(10)14)20-13-16-4-3-12(18)17-13/h3-7H,15H2,1-2H3,(H,16,17,18). The molecule has 0 bridgehead atoms. The van der Waals surface area contributed by atoms with Crippen LogP contribution >= 0.6 is 11.8 Å². The second kappa shape index (κ2) is 5.96. The summed E-state index contributed by atoms with van der Waals surface area (Å²) in [5.41, 5.74) is 5.77. The zero-order valence-corrected chi connectivity index (χ0v) is 11.8. The first-order chi connectivity index (χ1) is 9.45. The number of nitrogen functional groups attached to an aromatic ring is 1. The first-order valence-electron chi connectivity index (χ1n) is 5.94. The average molecular weight is 295 g/mol. The van der Waals surface area contributed by atoms with Crippen LogP contribution in [0.3, 0.4) is 0 Å². The van der Waals surface area contributed by atoms with Crippen molar-refractivity contribution in [3.63, 3.8) is 0 Å². The number of hydrogen-bond donors (Lipinski definition) is 2. The molecule has 0 saturated heterocycles. The molecule has 1 aromatic carbocycles. The zero-order chi connectivity index (χ0) is 14.7. The van der Waals surface area contributed by atoms with Gasteiger partial charge < -0.3 is 15.5 Å². The van der Waals surface area contributed by atoms with Gasteiger partial charge in [-0.3, -0.25) is 4.79 Å². The van der Waals surface area contributed by atoms with Crippen molar-refractivity contribution in [3.8, 4) is 5.75 Å². The van der Waals surface area contributed by atoms with E-state index in [1.807, 2.05) is 0 Å². The van der Waals surface area contributed by atoms with E-state index in [-0.39, 0.29) is 23.1 Å². The normalized spacial score (nSPS) is 10.8. The number of halogens is 1. The van der Waals surface area contributed by atoms with E-state index in [1.165, 1.54) is 24.4 Å². The van der Waals surface area contributed by atoms with Crippen molar-refractivity contribution in [2.45, 2.75) is 30.0 Å². The van der Waals surface area contributed by atoms with Gasteiger partial charge in [-0.1, -0.05) is 0 Å². The molecule has 0 spiro atoms. The van der Waals surface area contributed by atoms with Gasteiger partial charge in [0, 0.05) is 28.9 Å². The van der Waals surface area contributed by atoms with Crippen molar-refractivity contribution in [2.75, 3.05) is 5.73 Å². The summed E-state index contributed by atoms with van der Waals surface area (Å²) in [5, 5.41) is 0.381. The molecular weight excluding hydrogens is 281 g/mol. The maximum Gasteiger partial charge on any atom is 0.251 e. The summed E-state index contributed by atoms with van der Waals surface area (Å²) in [6.45, 7) is 3.61. The zero-order valence-electron chi connectivity index (χ0n) is 11.0. The van der Waals surface area contributed by atoms with Gasteiger partial charge in [0.25, 0.3) is 5.56 Å². The molecule has 0 aliphatic carbocycles. The highest BCUT2D eigenvalue weighted by Crippen LogP contribution is 2.34. The number of nitrogens with two attached hydrogens (primary N) is 1. The summed E-state index contributed by atoms with van der Waals surface area (Å²) in [4.78, 5) is 18.3. The van der Waals surface area contributed by atoms with Crippen molar-refractivity contribution in [1.82, 2.24) is 9.97 Å². The van der Waals surface area contributed by atoms with Crippen LogP contribution in [0.4, 0.5) is 10.1 Å². The summed E-state index contributed by atoms with van der Waals surface area (Å²) in [5.74, 6) is -0.398. The number of benzene rings is 1. The molecule has 0 aliphatic rings. The lowest BCUT2D eigenvalue weighted by Gasteiger charge is -2.13. The minimum atomic E-state index is -0.518. The van der Waals surface area contributed by atoms with Crippen molar-refractivity contribution >= 4 is 17.4 Å². The Bertz CT molecular complexity index is 673. The topological polar surface area (TPSA) is 81.0 Å².